The first kappa shape index (κ1) is 25.4. The summed E-state index contributed by atoms with van der Waals surface area (Å²) in [5.74, 6) is -0.0856. The third-order valence-electron chi connectivity index (χ3n) is 6.03. The van der Waals surface area contributed by atoms with E-state index in [9.17, 15) is 9.59 Å². The molecule has 0 unspecified atom stereocenters. The summed E-state index contributed by atoms with van der Waals surface area (Å²) < 4.78 is 14.5. The fraction of sp³-hybridized carbons (Fsp3) is 0.267. The Morgan fingerprint density at radius 3 is 1.56 bits per heavy atom. The molecule has 0 radical (unpaired) electrons. The van der Waals surface area contributed by atoms with Crippen molar-refractivity contribution in [3.8, 4) is 0 Å². The molecule has 0 amide bonds. The van der Waals surface area contributed by atoms with Gasteiger partial charge in [-0.2, -0.15) is 0 Å². The van der Waals surface area contributed by atoms with Crippen LogP contribution in [0.15, 0.2) is 101 Å². The van der Waals surface area contributed by atoms with Gasteiger partial charge in [0, 0.05) is 17.7 Å². The third-order valence-corrected chi connectivity index (χ3v) is 6.03. The molecule has 0 aliphatic carbocycles. The summed E-state index contributed by atoms with van der Waals surface area (Å²) in [5.41, 5.74) is 3.54. The minimum absolute atomic E-state index is 0.0363. The first-order valence-electron chi connectivity index (χ1n) is 12.2. The highest BCUT2D eigenvalue weighted by Gasteiger charge is 2.22. The van der Waals surface area contributed by atoms with Gasteiger partial charge >= 0.3 is 5.69 Å². The molecule has 0 aliphatic heterocycles. The van der Waals surface area contributed by atoms with Crippen LogP contribution in [0, 0.1) is 0 Å². The standard InChI is InChI=1S/C30H32N2O4/c1-23(2)28-27(18-24-12-6-3-7-13-24)31(21-35-19-25-14-8-4-9-15-25)30(34)32(29(28)33)22-36-20-26-16-10-5-11-17-26/h3-17,23H,18-22H2,1-2H3. The van der Waals surface area contributed by atoms with Crippen LogP contribution < -0.4 is 11.2 Å². The minimum atomic E-state index is -0.434. The number of nitrogens with zero attached hydrogens (tertiary/aromatic N) is 2. The van der Waals surface area contributed by atoms with Crippen LogP contribution in [0.3, 0.4) is 0 Å². The van der Waals surface area contributed by atoms with Crippen molar-refractivity contribution in [1.82, 2.24) is 9.13 Å². The van der Waals surface area contributed by atoms with Crippen LogP contribution >= 0.6 is 0 Å². The van der Waals surface area contributed by atoms with E-state index in [-0.39, 0.29) is 24.9 Å². The summed E-state index contributed by atoms with van der Waals surface area (Å²) in [6.45, 7) is 4.52. The smallest absolute Gasteiger partial charge is 0.335 e. The van der Waals surface area contributed by atoms with Crippen molar-refractivity contribution in [2.24, 2.45) is 0 Å². The van der Waals surface area contributed by atoms with E-state index in [0.717, 1.165) is 16.7 Å². The predicted octanol–water partition coefficient (Wildman–Crippen LogP) is 5.07. The van der Waals surface area contributed by atoms with Crippen LogP contribution in [0.1, 0.15) is 47.7 Å². The SMILES string of the molecule is CC(C)c1c(Cc2ccccc2)n(COCc2ccccc2)c(=O)n(COCc2ccccc2)c1=O. The predicted molar refractivity (Wildman–Crippen MR) is 141 cm³/mol. The van der Waals surface area contributed by atoms with E-state index in [4.69, 9.17) is 9.47 Å². The van der Waals surface area contributed by atoms with Crippen LogP contribution in [0.4, 0.5) is 0 Å². The van der Waals surface area contributed by atoms with E-state index in [1.807, 2.05) is 105 Å². The van der Waals surface area contributed by atoms with E-state index in [2.05, 4.69) is 0 Å². The lowest BCUT2D eigenvalue weighted by atomic mass is 9.98. The molecule has 0 spiro atoms. The minimum Gasteiger partial charge on any atom is -0.356 e. The van der Waals surface area contributed by atoms with Crippen molar-refractivity contribution in [3.05, 3.63) is 140 Å². The van der Waals surface area contributed by atoms with E-state index >= 15 is 0 Å². The summed E-state index contributed by atoms with van der Waals surface area (Å²) in [6.07, 6.45) is 0.458. The number of hydrogen-bond donors (Lipinski definition) is 0. The maximum absolute atomic E-state index is 13.6. The van der Waals surface area contributed by atoms with Crippen LogP contribution in [-0.4, -0.2) is 9.13 Å². The van der Waals surface area contributed by atoms with E-state index in [1.165, 1.54) is 4.57 Å². The van der Waals surface area contributed by atoms with Gasteiger partial charge in [0.25, 0.3) is 5.56 Å². The zero-order valence-corrected chi connectivity index (χ0v) is 20.8. The molecule has 186 valence electrons. The van der Waals surface area contributed by atoms with Crippen molar-refractivity contribution in [2.45, 2.75) is 52.9 Å². The topological polar surface area (TPSA) is 62.5 Å². The van der Waals surface area contributed by atoms with Gasteiger partial charge in [-0.1, -0.05) is 105 Å². The molecule has 1 aromatic heterocycles. The van der Waals surface area contributed by atoms with Crippen molar-refractivity contribution >= 4 is 0 Å². The molecule has 0 saturated carbocycles. The largest absolute Gasteiger partial charge is 0.356 e. The Balaban J connectivity index is 1.69. The Hall–Kier alpha value is -3.74. The van der Waals surface area contributed by atoms with Crippen LogP contribution in [0.25, 0.3) is 0 Å². The highest BCUT2D eigenvalue weighted by atomic mass is 16.5. The van der Waals surface area contributed by atoms with Gasteiger partial charge in [0.2, 0.25) is 0 Å². The number of hydrogen-bond acceptors (Lipinski definition) is 4. The summed E-state index contributed by atoms with van der Waals surface area (Å²) in [6, 6.07) is 29.3. The molecule has 0 saturated heterocycles. The lowest BCUT2D eigenvalue weighted by Crippen LogP contribution is -2.45. The highest BCUT2D eigenvalue weighted by Crippen LogP contribution is 2.19. The molecule has 0 N–H and O–H groups in total. The second-order valence-electron chi connectivity index (χ2n) is 9.05. The van der Waals surface area contributed by atoms with Gasteiger partial charge in [-0.25, -0.2) is 9.36 Å². The summed E-state index contributed by atoms with van der Waals surface area (Å²) in [4.78, 5) is 27.2. The Kier molecular flexibility index (Phi) is 8.66. The zero-order chi connectivity index (χ0) is 25.3. The maximum Gasteiger partial charge on any atom is 0.335 e. The molecule has 1 heterocycles. The van der Waals surface area contributed by atoms with E-state index in [1.54, 1.807) is 4.57 Å². The lowest BCUT2D eigenvalue weighted by molar-refractivity contribution is 0.0424. The number of ether oxygens (including phenoxy) is 2. The van der Waals surface area contributed by atoms with Gasteiger partial charge < -0.3 is 9.47 Å². The number of rotatable bonds is 11. The summed E-state index contributed by atoms with van der Waals surface area (Å²) in [5, 5.41) is 0. The normalized spacial score (nSPS) is 11.2. The van der Waals surface area contributed by atoms with E-state index in [0.29, 0.717) is 30.9 Å². The van der Waals surface area contributed by atoms with Gasteiger partial charge in [0.15, 0.2) is 0 Å². The first-order chi connectivity index (χ1) is 17.5. The summed E-state index contributed by atoms with van der Waals surface area (Å²) in [7, 11) is 0. The number of aromatic nitrogens is 2. The number of benzene rings is 3. The second kappa shape index (κ2) is 12.3. The van der Waals surface area contributed by atoms with Crippen LogP contribution in [0.2, 0.25) is 0 Å². The van der Waals surface area contributed by atoms with Crippen molar-refractivity contribution in [3.63, 3.8) is 0 Å². The molecule has 0 fully saturated rings. The van der Waals surface area contributed by atoms with Crippen molar-refractivity contribution < 1.29 is 9.47 Å². The maximum atomic E-state index is 13.6. The average Bonchev–Trinajstić information content (AvgIpc) is 2.89. The second-order valence-corrected chi connectivity index (χ2v) is 9.05. The Morgan fingerprint density at radius 1 is 0.639 bits per heavy atom. The molecular formula is C30H32N2O4. The molecule has 0 bridgehead atoms. The van der Waals surface area contributed by atoms with Gasteiger partial charge in [0.1, 0.15) is 13.5 Å². The van der Waals surface area contributed by atoms with Gasteiger partial charge in [0.05, 0.1) is 13.2 Å². The quantitative estimate of drug-likeness (QED) is 0.298. The Bertz CT molecular complexity index is 1360. The Morgan fingerprint density at radius 2 is 1.08 bits per heavy atom. The molecule has 6 nitrogen and oxygen atoms in total. The van der Waals surface area contributed by atoms with Crippen LogP contribution in [0.5, 0.6) is 0 Å². The molecule has 6 heteroatoms. The molecular weight excluding hydrogens is 452 g/mol. The van der Waals surface area contributed by atoms with Crippen molar-refractivity contribution in [1.29, 1.82) is 0 Å². The van der Waals surface area contributed by atoms with Crippen molar-refractivity contribution in [2.75, 3.05) is 0 Å². The van der Waals surface area contributed by atoms with Gasteiger partial charge in [-0.05, 0) is 22.6 Å². The summed E-state index contributed by atoms with van der Waals surface area (Å²) >= 11 is 0. The zero-order valence-electron chi connectivity index (χ0n) is 20.8. The van der Waals surface area contributed by atoms with E-state index < -0.39 is 5.69 Å². The lowest BCUT2D eigenvalue weighted by Gasteiger charge is -2.21. The molecule has 0 atom stereocenters. The third kappa shape index (κ3) is 6.27. The molecule has 0 aliphatic rings. The fourth-order valence-electron chi connectivity index (χ4n) is 4.23. The molecule has 4 aromatic rings. The van der Waals surface area contributed by atoms with Gasteiger partial charge in [-0.15, -0.1) is 0 Å². The van der Waals surface area contributed by atoms with Crippen LogP contribution in [-0.2, 0) is 42.6 Å². The van der Waals surface area contributed by atoms with Gasteiger partial charge in [-0.3, -0.25) is 9.36 Å². The fourth-order valence-corrected chi connectivity index (χ4v) is 4.23. The molecule has 4 rings (SSSR count). The monoisotopic (exact) mass is 484 g/mol. The Labute approximate surface area is 211 Å². The molecule has 36 heavy (non-hydrogen) atoms. The first-order valence-corrected chi connectivity index (χ1v) is 12.2. The molecule has 3 aromatic carbocycles. The average molecular weight is 485 g/mol. The highest BCUT2D eigenvalue weighted by molar-refractivity contribution is 5.29.